The molecule has 2 heterocycles. The highest BCUT2D eigenvalue weighted by Gasteiger charge is 2.09. The topological polar surface area (TPSA) is 37.4 Å². The maximum Gasteiger partial charge on any atom is 0.183 e. The van der Waals surface area contributed by atoms with Crippen LogP contribution in [0.5, 0.6) is 0 Å². The number of anilines is 1. The lowest BCUT2D eigenvalue weighted by Gasteiger charge is -2.26. The largest absolute Gasteiger partial charge is 0.379 e. The Morgan fingerprint density at radius 3 is 2.95 bits per heavy atom. The summed E-state index contributed by atoms with van der Waals surface area (Å²) in [5, 5.41) is 4.45. The fourth-order valence-electron chi connectivity index (χ4n) is 2.27. The van der Waals surface area contributed by atoms with Gasteiger partial charge in [0.25, 0.3) is 0 Å². The first kappa shape index (κ1) is 12.8. The van der Waals surface area contributed by atoms with Crippen LogP contribution in [-0.4, -0.2) is 49.3 Å². The summed E-state index contributed by atoms with van der Waals surface area (Å²) in [5.41, 5.74) is 1.09. The van der Waals surface area contributed by atoms with Crippen molar-refractivity contribution in [3.8, 4) is 0 Å². The van der Waals surface area contributed by atoms with Gasteiger partial charge in [-0.1, -0.05) is 23.5 Å². The number of hydrogen-bond acceptors (Lipinski definition) is 5. The predicted molar refractivity (Wildman–Crippen MR) is 80.0 cm³/mol. The molecule has 1 N–H and O–H groups in total. The number of morpholine rings is 1. The highest BCUT2D eigenvalue weighted by molar-refractivity contribution is 7.22. The van der Waals surface area contributed by atoms with Crippen LogP contribution in [0.2, 0.25) is 0 Å². The Morgan fingerprint density at radius 1 is 1.26 bits per heavy atom. The summed E-state index contributed by atoms with van der Waals surface area (Å²) in [6.45, 7) is 6.03. The molecule has 0 unspecified atom stereocenters. The Morgan fingerprint density at radius 2 is 2.11 bits per heavy atom. The van der Waals surface area contributed by atoms with Crippen molar-refractivity contribution in [2.45, 2.75) is 6.42 Å². The molecule has 0 atom stereocenters. The Labute approximate surface area is 117 Å². The zero-order chi connectivity index (χ0) is 12.9. The molecule has 1 fully saturated rings. The van der Waals surface area contributed by atoms with Gasteiger partial charge in [0.05, 0.1) is 23.4 Å². The Balaban J connectivity index is 1.44. The van der Waals surface area contributed by atoms with E-state index < -0.39 is 0 Å². The van der Waals surface area contributed by atoms with Crippen molar-refractivity contribution >= 4 is 26.7 Å². The average molecular weight is 277 g/mol. The third kappa shape index (κ3) is 3.43. The lowest BCUT2D eigenvalue weighted by atomic mass is 10.3. The van der Waals surface area contributed by atoms with Gasteiger partial charge in [0.2, 0.25) is 0 Å². The van der Waals surface area contributed by atoms with Gasteiger partial charge in [0, 0.05) is 19.6 Å². The molecule has 19 heavy (non-hydrogen) atoms. The van der Waals surface area contributed by atoms with Crippen LogP contribution in [0.15, 0.2) is 24.3 Å². The third-order valence-electron chi connectivity index (χ3n) is 3.32. The number of hydrogen-bond donors (Lipinski definition) is 1. The van der Waals surface area contributed by atoms with Crippen molar-refractivity contribution in [1.29, 1.82) is 0 Å². The molecule has 2 aromatic rings. The number of thiazole rings is 1. The SMILES string of the molecule is c1ccc2sc(NCCCN3CCOCC3)nc2c1. The summed E-state index contributed by atoms with van der Waals surface area (Å²) < 4.78 is 6.59. The molecule has 1 aromatic carbocycles. The predicted octanol–water partition coefficient (Wildman–Crippen LogP) is 2.43. The van der Waals surface area contributed by atoms with Crippen molar-refractivity contribution in [2.24, 2.45) is 0 Å². The summed E-state index contributed by atoms with van der Waals surface area (Å²) in [5.74, 6) is 0. The fraction of sp³-hybridized carbons (Fsp3) is 0.500. The van der Waals surface area contributed by atoms with E-state index in [-0.39, 0.29) is 0 Å². The minimum atomic E-state index is 0.880. The van der Waals surface area contributed by atoms with Crippen LogP contribution in [0.25, 0.3) is 10.2 Å². The standard InChI is InChI=1S/C14H19N3OS/c1-2-5-13-12(4-1)16-14(19-13)15-6-3-7-17-8-10-18-11-9-17/h1-2,4-5H,3,6-11H2,(H,15,16). The lowest BCUT2D eigenvalue weighted by molar-refractivity contribution is 0.0378. The number of ether oxygens (including phenoxy) is 1. The smallest absolute Gasteiger partial charge is 0.183 e. The fourth-order valence-corrected chi connectivity index (χ4v) is 3.16. The molecule has 1 aliphatic heterocycles. The molecule has 4 nitrogen and oxygen atoms in total. The number of fused-ring (bicyclic) bond motifs is 1. The second-order valence-electron chi connectivity index (χ2n) is 4.72. The Kier molecular flexibility index (Phi) is 4.27. The van der Waals surface area contributed by atoms with Crippen LogP contribution in [0.1, 0.15) is 6.42 Å². The minimum Gasteiger partial charge on any atom is -0.379 e. The van der Waals surface area contributed by atoms with E-state index >= 15 is 0 Å². The molecule has 5 heteroatoms. The van der Waals surface area contributed by atoms with Crippen LogP contribution in [0, 0.1) is 0 Å². The summed E-state index contributed by atoms with van der Waals surface area (Å²) >= 11 is 1.73. The van der Waals surface area contributed by atoms with Gasteiger partial charge in [0.15, 0.2) is 5.13 Å². The summed E-state index contributed by atoms with van der Waals surface area (Å²) in [7, 11) is 0. The van der Waals surface area contributed by atoms with E-state index in [4.69, 9.17) is 4.74 Å². The number of rotatable bonds is 5. The maximum atomic E-state index is 5.34. The molecule has 102 valence electrons. The van der Waals surface area contributed by atoms with E-state index in [0.717, 1.165) is 56.5 Å². The third-order valence-corrected chi connectivity index (χ3v) is 4.32. The van der Waals surface area contributed by atoms with Crippen LogP contribution < -0.4 is 5.32 Å². The first-order valence-corrected chi connectivity index (χ1v) is 7.63. The van der Waals surface area contributed by atoms with Crippen LogP contribution in [-0.2, 0) is 4.74 Å². The van der Waals surface area contributed by atoms with Crippen molar-refractivity contribution in [3.05, 3.63) is 24.3 Å². The molecule has 0 aliphatic carbocycles. The van der Waals surface area contributed by atoms with E-state index in [0.29, 0.717) is 0 Å². The summed E-state index contributed by atoms with van der Waals surface area (Å²) in [4.78, 5) is 7.03. The maximum absolute atomic E-state index is 5.34. The molecule has 0 radical (unpaired) electrons. The van der Waals surface area contributed by atoms with Gasteiger partial charge in [-0.25, -0.2) is 4.98 Å². The number of benzene rings is 1. The zero-order valence-electron chi connectivity index (χ0n) is 11.0. The second-order valence-corrected chi connectivity index (χ2v) is 5.75. The second kappa shape index (κ2) is 6.32. The molecule has 0 bridgehead atoms. The molecule has 0 spiro atoms. The molecule has 1 aliphatic rings. The zero-order valence-corrected chi connectivity index (χ0v) is 11.8. The van der Waals surface area contributed by atoms with E-state index in [9.17, 15) is 0 Å². The van der Waals surface area contributed by atoms with E-state index in [1.54, 1.807) is 11.3 Å². The van der Waals surface area contributed by atoms with Gasteiger partial charge in [-0.3, -0.25) is 4.90 Å². The molecular formula is C14H19N3OS. The first-order chi connectivity index (χ1) is 9.42. The highest BCUT2D eigenvalue weighted by Crippen LogP contribution is 2.25. The number of nitrogens with zero attached hydrogens (tertiary/aromatic N) is 2. The number of nitrogens with one attached hydrogen (secondary N) is 1. The van der Waals surface area contributed by atoms with E-state index in [1.165, 1.54) is 4.70 Å². The monoisotopic (exact) mass is 277 g/mol. The molecular weight excluding hydrogens is 258 g/mol. The van der Waals surface area contributed by atoms with Gasteiger partial charge in [-0.15, -0.1) is 0 Å². The molecule has 1 saturated heterocycles. The summed E-state index contributed by atoms with van der Waals surface area (Å²) in [6, 6.07) is 8.27. The molecule has 0 saturated carbocycles. The first-order valence-electron chi connectivity index (χ1n) is 6.81. The Bertz CT molecular complexity index is 489. The number of para-hydroxylation sites is 1. The average Bonchev–Trinajstić information content (AvgIpc) is 2.87. The quantitative estimate of drug-likeness (QED) is 0.852. The minimum absolute atomic E-state index is 0.880. The molecule has 3 rings (SSSR count). The van der Waals surface area contributed by atoms with Gasteiger partial charge in [-0.2, -0.15) is 0 Å². The Hall–Kier alpha value is -1.17. The van der Waals surface area contributed by atoms with Gasteiger partial charge < -0.3 is 10.1 Å². The van der Waals surface area contributed by atoms with Crippen molar-refractivity contribution in [2.75, 3.05) is 44.7 Å². The van der Waals surface area contributed by atoms with Crippen molar-refractivity contribution in [3.63, 3.8) is 0 Å². The number of aromatic nitrogens is 1. The normalized spacial score (nSPS) is 16.8. The van der Waals surface area contributed by atoms with E-state index in [2.05, 4.69) is 33.4 Å². The highest BCUT2D eigenvalue weighted by atomic mass is 32.1. The molecule has 0 amide bonds. The van der Waals surface area contributed by atoms with Crippen LogP contribution >= 0.6 is 11.3 Å². The van der Waals surface area contributed by atoms with Crippen molar-refractivity contribution < 1.29 is 4.74 Å². The van der Waals surface area contributed by atoms with Crippen LogP contribution in [0.3, 0.4) is 0 Å². The van der Waals surface area contributed by atoms with E-state index in [1.807, 2.05) is 6.07 Å². The van der Waals surface area contributed by atoms with Gasteiger partial charge in [0.1, 0.15) is 0 Å². The lowest BCUT2D eigenvalue weighted by Crippen LogP contribution is -2.37. The van der Waals surface area contributed by atoms with Gasteiger partial charge >= 0.3 is 0 Å². The van der Waals surface area contributed by atoms with Crippen LogP contribution in [0.4, 0.5) is 5.13 Å². The summed E-state index contributed by atoms with van der Waals surface area (Å²) in [6.07, 6.45) is 1.15. The van der Waals surface area contributed by atoms with Crippen molar-refractivity contribution in [1.82, 2.24) is 9.88 Å². The van der Waals surface area contributed by atoms with Gasteiger partial charge in [-0.05, 0) is 25.1 Å². The molecule has 1 aromatic heterocycles.